The fraction of sp³-hybridized carbons (Fsp3) is 1.00. The lowest BCUT2D eigenvalue weighted by Gasteiger charge is -2.60. The van der Waals surface area contributed by atoms with Gasteiger partial charge in [-0.3, -0.25) is 0 Å². The third-order valence-corrected chi connectivity index (χ3v) is 11.3. The topological polar surface area (TPSA) is 12.5 Å². The fourth-order valence-electron chi connectivity index (χ4n) is 9.77. The molecule has 0 bridgehead atoms. The van der Waals surface area contributed by atoms with E-state index >= 15 is 0 Å². The summed E-state index contributed by atoms with van der Waals surface area (Å²) in [6.07, 6.45) is 18.1. The first-order valence-corrected chi connectivity index (χ1v) is 13.0. The molecule has 0 unspecified atom stereocenters. The van der Waals surface area contributed by atoms with E-state index in [2.05, 4.69) is 34.6 Å². The van der Waals surface area contributed by atoms with Gasteiger partial charge < -0.3 is 4.74 Å². The Bertz CT molecular complexity index is 597. The summed E-state index contributed by atoms with van der Waals surface area (Å²) in [5.74, 6) is 5.77. The van der Waals surface area contributed by atoms with E-state index in [0.29, 0.717) is 22.5 Å². The summed E-state index contributed by atoms with van der Waals surface area (Å²) in [5.41, 5.74) is 1.46. The first-order chi connectivity index (χ1) is 13.3. The highest BCUT2D eigenvalue weighted by atomic mass is 16.6. The molecule has 28 heavy (non-hydrogen) atoms. The molecule has 1 aliphatic heterocycles. The Labute approximate surface area is 174 Å². The maximum atomic E-state index is 6.48. The van der Waals surface area contributed by atoms with Gasteiger partial charge in [0.2, 0.25) is 0 Å². The maximum Gasteiger partial charge on any atom is 0.100 e. The van der Waals surface area contributed by atoms with Gasteiger partial charge in [0, 0.05) is 5.41 Å². The molecule has 9 atom stereocenters. The van der Waals surface area contributed by atoms with E-state index in [1.807, 2.05) is 0 Å². The second kappa shape index (κ2) is 6.73. The van der Waals surface area contributed by atoms with Gasteiger partial charge in [-0.05, 0) is 92.3 Å². The number of ether oxygens (including phenoxy) is 1. The second-order valence-corrected chi connectivity index (χ2v) is 12.8. The van der Waals surface area contributed by atoms with Crippen LogP contribution in [0.15, 0.2) is 0 Å². The van der Waals surface area contributed by atoms with E-state index in [-0.39, 0.29) is 0 Å². The third kappa shape index (κ3) is 2.66. The average Bonchev–Trinajstić information content (AvgIpc) is 3.26. The molecule has 5 aliphatic rings. The highest BCUT2D eigenvalue weighted by molar-refractivity contribution is 5.22. The minimum Gasteiger partial charge on any atom is -0.365 e. The quantitative estimate of drug-likeness (QED) is 0.442. The van der Waals surface area contributed by atoms with E-state index < -0.39 is 0 Å². The smallest absolute Gasteiger partial charge is 0.100 e. The van der Waals surface area contributed by atoms with Crippen molar-refractivity contribution in [1.82, 2.24) is 0 Å². The molecule has 160 valence electrons. The van der Waals surface area contributed by atoms with Gasteiger partial charge in [-0.25, -0.2) is 0 Å². The summed E-state index contributed by atoms with van der Waals surface area (Å²) in [6, 6.07) is 0. The molecule has 5 fully saturated rings. The van der Waals surface area contributed by atoms with E-state index in [4.69, 9.17) is 4.74 Å². The summed E-state index contributed by atoms with van der Waals surface area (Å²) < 4.78 is 6.48. The average molecular weight is 387 g/mol. The van der Waals surface area contributed by atoms with Gasteiger partial charge in [-0.15, -0.1) is 0 Å². The summed E-state index contributed by atoms with van der Waals surface area (Å²) >= 11 is 0. The van der Waals surface area contributed by atoms with Crippen molar-refractivity contribution in [3.63, 3.8) is 0 Å². The first kappa shape index (κ1) is 19.9. The van der Waals surface area contributed by atoms with Gasteiger partial charge in [0.15, 0.2) is 0 Å². The van der Waals surface area contributed by atoms with Gasteiger partial charge in [-0.2, -0.15) is 0 Å². The van der Waals surface area contributed by atoms with E-state index in [1.165, 1.54) is 77.0 Å². The molecule has 4 aliphatic carbocycles. The van der Waals surface area contributed by atoms with Gasteiger partial charge in [0.25, 0.3) is 0 Å². The SMILES string of the molecule is CC(C)CCC[C@H](C)[C@@H]1CC[C@@H]2[C@@H]3CC[C@@]45O[C@@H]4CCC[C@]5(C)[C@H]3CC[C@]21C. The molecule has 0 amide bonds. The van der Waals surface area contributed by atoms with Crippen LogP contribution >= 0.6 is 0 Å². The second-order valence-electron chi connectivity index (χ2n) is 12.8. The van der Waals surface area contributed by atoms with E-state index in [9.17, 15) is 0 Å². The van der Waals surface area contributed by atoms with Gasteiger partial charge >= 0.3 is 0 Å². The largest absolute Gasteiger partial charge is 0.365 e. The lowest BCUT2D eigenvalue weighted by atomic mass is 9.44. The van der Waals surface area contributed by atoms with Gasteiger partial charge in [-0.1, -0.05) is 60.3 Å². The van der Waals surface area contributed by atoms with Crippen LogP contribution in [0.3, 0.4) is 0 Å². The van der Waals surface area contributed by atoms with Crippen molar-refractivity contribution in [3.05, 3.63) is 0 Å². The Balaban J connectivity index is 1.32. The van der Waals surface area contributed by atoms with Crippen LogP contribution in [0.1, 0.15) is 112 Å². The highest BCUT2D eigenvalue weighted by Gasteiger charge is 2.73. The van der Waals surface area contributed by atoms with Crippen molar-refractivity contribution in [2.24, 2.45) is 46.3 Å². The van der Waals surface area contributed by atoms with Crippen molar-refractivity contribution in [3.8, 4) is 0 Å². The molecular weight excluding hydrogens is 340 g/mol. The molecule has 0 aromatic carbocycles. The predicted octanol–water partition coefficient (Wildman–Crippen LogP) is 7.63. The Morgan fingerprint density at radius 3 is 2.46 bits per heavy atom. The van der Waals surface area contributed by atoms with E-state index in [0.717, 1.165) is 35.5 Å². The van der Waals surface area contributed by atoms with E-state index in [1.54, 1.807) is 0 Å². The summed E-state index contributed by atoms with van der Waals surface area (Å²) in [5, 5.41) is 0. The summed E-state index contributed by atoms with van der Waals surface area (Å²) in [4.78, 5) is 0. The molecule has 4 saturated carbocycles. The molecule has 1 heterocycles. The van der Waals surface area contributed by atoms with Crippen LogP contribution in [0, 0.1) is 46.3 Å². The first-order valence-electron chi connectivity index (χ1n) is 13.0. The molecule has 5 rings (SSSR count). The molecule has 1 heteroatoms. The van der Waals surface area contributed by atoms with Crippen LogP contribution < -0.4 is 0 Å². The maximum absolute atomic E-state index is 6.48. The third-order valence-electron chi connectivity index (χ3n) is 11.3. The van der Waals surface area contributed by atoms with Crippen molar-refractivity contribution in [2.45, 2.75) is 123 Å². The lowest BCUT2D eigenvalue weighted by molar-refractivity contribution is -0.115. The Morgan fingerprint density at radius 2 is 1.68 bits per heavy atom. The van der Waals surface area contributed by atoms with Crippen molar-refractivity contribution >= 4 is 0 Å². The lowest BCUT2D eigenvalue weighted by Crippen LogP contribution is -2.57. The highest BCUT2D eigenvalue weighted by Crippen LogP contribution is 2.73. The van der Waals surface area contributed by atoms with Crippen molar-refractivity contribution in [2.75, 3.05) is 0 Å². The Morgan fingerprint density at radius 1 is 0.857 bits per heavy atom. The van der Waals surface area contributed by atoms with Crippen LogP contribution in [-0.4, -0.2) is 11.7 Å². The number of hydrogen-bond donors (Lipinski definition) is 0. The predicted molar refractivity (Wildman–Crippen MR) is 117 cm³/mol. The zero-order valence-electron chi connectivity index (χ0n) is 19.4. The fourth-order valence-corrected chi connectivity index (χ4v) is 9.77. The number of epoxide rings is 1. The summed E-state index contributed by atoms with van der Waals surface area (Å²) in [7, 11) is 0. The molecule has 1 nitrogen and oxygen atoms in total. The molecule has 1 spiro atoms. The van der Waals surface area contributed by atoms with Crippen molar-refractivity contribution < 1.29 is 4.74 Å². The van der Waals surface area contributed by atoms with Crippen LogP contribution in [0.25, 0.3) is 0 Å². The minimum absolute atomic E-state index is 0.322. The van der Waals surface area contributed by atoms with Crippen LogP contribution in [0.5, 0.6) is 0 Å². The van der Waals surface area contributed by atoms with Crippen LogP contribution in [0.4, 0.5) is 0 Å². The molecule has 0 radical (unpaired) electrons. The standard InChI is InChI=1S/C27H46O/c1-18(2)8-6-9-19(3)21-11-12-22-20-13-17-27-24(28-27)10-7-15-26(27,5)23(20)14-16-25(21,22)4/h18-24H,6-17H2,1-5H3/t19-,20-,21-,22+,23-,24+,25-,26+,27+/m0/s1. The van der Waals surface area contributed by atoms with Gasteiger partial charge in [0.05, 0.1) is 6.10 Å². The Kier molecular flexibility index (Phi) is 4.78. The zero-order chi connectivity index (χ0) is 19.7. The molecule has 0 N–H and O–H groups in total. The number of hydrogen-bond acceptors (Lipinski definition) is 1. The minimum atomic E-state index is 0.322. The number of rotatable bonds is 5. The monoisotopic (exact) mass is 386 g/mol. The van der Waals surface area contributed by atoms with Gasteiger partial charge in [0.1, 0.15) is 5.60 Å². The normalized spacial score (nSPS) is 53.1. The molecule has 0 aromatic rings. The molecule has 1 saturated heterocycles. The molecular formula is C27H46O. The zero-order valence-corrected chi connectivity index (χ0v) is 19.4. The van der Waals surface area contributed by atoms with Crippen molar-refractivity contribution in [1.29, 1.82) is 0 Å². The number of fused-ring (bicyclic) bond motifs is 4. The Hall–Kier alpha value is -0.0400. The molecule has 0 aromatic heterocycles. The van der Waals surface area contributed by atoms with Crippen LogP contribution in [0.2, 0.25) is 0 Å². The summed E-state index contributed by atoms with van der Waals surface area (Å²) in [6.45, 7) is 12.8. The van der Waals surface area contributed by atoms with Crippen LogP contribution in [-0.2, 0) is 4.74 Å².